The molecule has 1 aliphatic rings. The molecule has 4 aromatic rings. The summed E-state index contributed by atoms with van der Waals surface area (Å²) in [5.74, 6) is -0.727. The van der Waals surface area contributed by atoms with Crippen LogP contribution in [0.15, 0.2) is 72.8 Å². The molecule has 0 aliphatic carbocycles. The molecular weight excluding hydrogens is 434 g/mol. The van der Waals surface area contributed by atoms with E-state index in [1.807, 2.05) is 55.5 Å². The van der Waals surface area contributed by atoms with Crippen molar-refractivity contribution in [1.82, 2.24) is 9.88 Å². The van der Waals surface area contributed by atoms with Crippen LogP contribution in [0.2, 0.25) is 0 Å². The van der Waals surface area contributed by atoms with Crippen LogP contribution in [0.4, 0.5) is 10.8 Å². The maximum absolute atomic E-state index is 13.4. The molecule has 0 atom stereocenters. The SMILES string of the molecule is Cc1ccccc1N(C(=O)CCCN1C(=O)c2ccccc2C1=O)c1nc2ccccc2s1. The fraction of sp³-hybridized carbons (Fsp3) is 0.154. The highest BCUT2D eigenvalue weighted by Gasteiger charge is 2.34. The van der Waals surface area contributed by atoms with E-state index in [1.165, 1.54) is 16.2 Å². The van der Waals surface area contributed by atoms with Crippen molar-refractivity contribution in [3.8, 4) is 0 Å². The second-order valence-electron chi connectivity index (χ2n) is 7.89. The van der Waals surface area contributed by atoms with Crippen molar-refractivity contribution in [2.45, 2.75) is 19.8 Å². The Morgan fingerprint density at radius 1 is 0.909 bits per heavy atom. The zero-order valence-electron chi connectivity index (χ0n) is 18.0. The number of hydrogen-bond donors (Lipinski definition) is 0. The Morgan fingerprint density at radius 2 is 1.55 bits per heavy atom. The van der Waals surface area contributed by atoms with Gasteiger partial charge in [0, 0.05) is 13.0 Å². The Labute approximate surface area is 195 Å². The Hall–Kier alpha value is -3.84. The van der Waals surface area contributed by atoms with E-state index in [0.717, 1.165) is 21.5 Å². The van der Waals surface area contributed by atoms with Crippen LogP contribution in [0.25, 0.3) is 10.2 Å². The van der Waals surface area contributed by atoms with Crippen LogP contribution in [0.5, 0.6) is 0 Å². The number of hydrogen-bond acceptors (Lipinski definition) is 5. The molecule has 3 aromatic carbocycles. The third-order valence-corrected chi connectivity index (χ3v) is 6.75. The molecule has 5 rings (SSSR count). The summed E-state index contributed by atoms with van der Waals surface area (Å²) >= 11 is 1.46. The average molecular weight is 456 g/mol. The molecule has 1 aromatic heterocycles. The van der Waals surface area contributed by atoms with Gasteiger partial charge < -0.3 is 0 Å². The minimum Gasteiger partial charge on any atom is -0.274 e. The van der Waals surface area contributed by atoms with Crippen molar-refractivity contribution < 1.29 is 14.4 Å². The first kappa shape index (κ1) is 21.0. The van der Waals surface area contributed by atoms with E-state index in [-0.39, 0.29) is 30.7 Å². The number of benzene rings is 3. The summed E-state index contributed by atoms with van der Waals surface area (Å²) in [5.41, 5.74) is 3.43. The van der Waals surface area contributed by atoms with Gasteiger partial charge in [-0.25, -0.2) is 4.98 Å². The zero-order valence-corrected chi connectivity index (χ0v) is 18.8. The summed E-state index contributed by atoms with van der Waals surface area (Å²) in [6.07, 6.45) is 0.551. The number of nitrogens with zero attached hydrogens (tertiary/aromatic N) is 3. The second-order valence-corrected chi connectivity index (χ2v) is 8.90. The maximum Gasteiger partial charge on any atom is 0.261 e. The molecule has 1 aliphatic heterocycles. The van der Waals surface area contributed by atoms with Gasteiger partial charge in [0.1, 0.15) is 0 Å². The monoisotopic (exact) mass is 455 g/mol. The normalized spacial score (nSPS) is 12.9. The first-order chi connectivity index (χ1) is 16.0. The van der Waals surface area contributed by atoms with Gasteiger partial charge in [-0.3, -0.25) is 24.2 Å². The summed E-state index contributed by atoms with van der Waals surface area (Å²) < 4.78 is 1.00. The molecule has 3 amide bonds. The molecule has 0 unspecified atom stereocenters. The third kappa shape index (κ3) is 3.81. The van der Waals surface area contributed by atoms with Crippen LogP contribution in [0, 0.1) is 6.92 Å². The smallest absolute Gasteiger partial charge is 0.261 e. The third-order valence-electron chi connectivity index (χ3n) is 5.73. The molecule has 7 heteroatoms. The van der Waals surface area contributed by atoms with Crippen LogP contribution in [0.1, 0.15) is 39.1 Å². The fourth-order valence-corrected chi connectivity index (χ4v) is 5.05. The van der Waals surface area contributed by atoms with Gasteiger partial charge in [-0.1, -0.05) is 53.8 Å². The molecular formula is C26H21N3O3S. The van der Waals surface area contributed by atoms with Crippen LogP contribution >= 0.6 is 11.3 Å². The molecule has 0 spiro atoms. The standard InChI is InChI=1S/C26H21N3O3S/c1-17-9-2-6-13-21(17)29(26-27-20-12-5-7-14-22(20)33-26)23(30)15-8-16-28-24(31)18-10-3-4-11-19(18)25(28)32/h2-7,9-14H,8,15-16H2,1H3. The van der Waals surface area contributed by atoms with E-state index in [1.54, 1.807) is 29.2 Å². The van der Waals surface area contributed by atoms with Crippen molar-refractivity contribution in [2.24, 2.45) is 0 Å². The Morgan fingerprint density at radius 3 is 2.24 bits per heavy atom. The molecule has 6 nitrogen and oxygen atoms in total. The Balaban J connectivity index is 1.37. The van der Waals surface area contributed by atoms with E-state index in [4.69, 9.17) is 4.98 Å². The number of aryl methyl sites for hydroxylation is 1. The lowest BCUT2D eigenvalue weighted by atomic mass is 10.1. The predicted molar refractivity (Wildman–Crippen MR) is 129 cm³/mol. The number of carbonyl (C=O) groups excluding carboxylic acids is 3. The van der Waals surface area contributed by atoms with Gasteiger partial charge in [-0.15, -0.1) is 0 Å². The first-order valence-corrected chi connectivity index (χ1v) is 11.6. The van der Waals surface area contributed by atoms with Crippen molar-refractivity contribution >= 4 is 50.1 Å². The summed E-state index contributed by atoms with van der Waals surface area (Å²) in [5, 5.41) is 0.608. The highest BCUT2D eigenvalue weighted by molar-refractivity contribution is 7.22. The van der Waals surface area contributed by atoms with E-state index >= 15 is 0 Å². The van der Waals surface area contributed by atoms with Crippen LogP contribution in [-0.4, -0.2) is 34.2 Å². The molecule has 164 valence electrons. The van der Waals surface area contributed by atoms with E-state index in [2.05, 4.69) is 0 Å². The Kier molecular flexibility index (Phi) is 5.48. The molecule has 0 saturated carbocycles. The second kappa shape index (κ2) is 8.60. The van der Waals surface area contributed by atoms with Crippen LogP contribution in [-0.2, 0) is 4.79 Å². The van der Waals surface area contributed by atoms with Gasteiger partial charge in [0.2, 0.25) is 5.91 Å². The summed E-state index contributed by atoms with van der Waals surface area (Å²) in [6, 6.07) is 22.3. The molecule has 0 saturated heterocycles. The van der Waals surface area contributed by atoms with Crippen molar-refractivity contribution in [2.75, 3.05) is 11.4 Å². The van der Waals surface area contributed by atoms with Crippen LogP contribution < -0.4 is 4.90 Å². The maximum atomic E-state index is 13.4. The molecule has 0 N–H and O–H groups in total. The summed E-state index contributed by atoms with van der Waals surface area (Å²) in [7, 11) is 0. The van der Waals surface area contributed by atoms with Gasteiger partial charge in [-0.05, 0) is 49.2 Å². The number of carbonyl (C=O) groups is 3. The van der Waals surface area contributed by atoms with E-state index < -0.39 is 0 Å². The van der Waals surface area contributed by atoms with Crippen molar-refractivity contribution in [3.05, 3.63) is 89.5 Å². The zero-order chi connectivity index (χ0) is 22.9. The van der Waals surface area contributed by atoms with Gasteiger partial charge in [0.25, 0.3) is 11.8 Å². The van der Waals surface area contributed by atoms with E-state index in [0.29, 0.717) is 22.7 Å². The number of amides is 3. The minimum absolute atomic E-state index is 0.125. The largest absolute Gasteiger partial charge is 0.274 e. The van der Waals surface area contributed by atoms with E-state index in [9.17, 15) is 14.4 Å². The first-order valence-electron chi connectivity index (χ1n) is 10.7. The molecule has 0 fully saturated rings. The molecule has 0 bridgehead atoms. The van der Waals surface area contributed by atoms with Gasteiger partial charge in [-0.2, -0.15) is 0 Å². The number of imide groups is 1. The Bertz CT molecular complexity index is 1330. The number of para-hydroxylation sites is 2. The summed E-state index contributed by atoms with van der Waals surface area (Å²) in [6.45, 7) is 2.15. The average Bonchev–Trinajstić information content (AvgIpc) is 3.35. The molecule has 2 heterocycles. The number of rotatable bonds is 6. The molecule has 33 heavy (non-hydrogen) atoms. The lowest BCUT2D eigenvalue weighted by molar-refractivity contribution is -0.118. The number of aromatic nitrogens is 1. The van der Waals surface area contributed by atoms with Gasteiger partial charge in [0.05, 0.1) is 27.0 Å². The quantitative estimate of drug-likeness (QED) is 0.368. The number of fused-ring (bicyclic) bond motifs is 2. The highest BCUT2D eigenvalue weighted by Crippen LogP contribution is 2.35. The molecule has 0 radical (unpaired) electrons. The number of thiazole rings is 1. The van der Waals surface area contributed by atoms with Gasteiger partial charge >= 0.3 is 0 Å². The van der Waals surface area contributed by atoms with Crippen LogP contribution in [0.3, 0.4) is 0 Å². The fourth-order valence-electron chi connectivity index (χ4n) is 4.06. The topological polar surface area (TPSA) is 70.6 Å². The van der Waals surface area contributed by atoms with Gasteiger partial charge in [0.15, 0.2) is 5.13 Å². The lowest BCUT2D eigenvalue weighted by Crippen LogP contribution is -2.32. The van der Waals surface area contributed by atoms with Crippen molar-refractivity contribution in [1.29, 1.82) is 0 Å². The lowest BCUT2D eigenvalue weighted by Gasteiger charge is -2.22. The highest BCUT2D eigenvalue weighted by atomic mass is 32.1. The summed E-state index contributed by atoms with van der Waals surface area (Å²) in [4.78, 5) is 46.2. The number of anilines is 2. The minimum atomic E-state index is -0.301. The predicted octanol–water partition coefficient (Wildman–Crippen LogP) is 5.35. The van der Waals surface area contributed by atoms with Crippen molar-refractivity contribution in [3.63, 3.8) is 0 Å².